The third kappa shape index (κ3) is 7.69. The Morgan fingerprint density at radius 2 is 1.59 bits per heavy atom. The minimum absolute atomic E-state index is 0.0651. The molecule has 0 aromatic rings. The molecule has 0 aromatic heterocycles. The Labute approximate surface area is 187 Å². The summed E-state index contributed by atoms with van der Waals surface area (Å²) in [5.41, 5.74) is -0.500. The van der Waals surface area contributed by atoms with Crippen LogP contribution in [0.3, 0.4) is 0 Å². The van der Waals surface area contributed by atoms with Gasteiger partial charge in [0.05, 0.1) is 12.2 Å². The normalized spacial score (nSPS) is 18.1. The van der Waals surface area contributed by atoms with Crippen LogP contribution >= 0.6 is 0 Å². The Morgan fingerprint density at radius 1 is 1.06 bits per heavy atom. The van der Waals surface area contributed by atoms with Gasteiger partial charge in [0, 0.05) is 13.0 Å². The van der Waals surface area contributed by atoms with Gasteiger partial charge in [0.2, 0.25) is 0 Å². The second-order valence-electron chi connectivity index (χ2n) is 8.69. The lowest BCUT2D eigenvalue weighted by molar-refractivity contribution is -0.165. The molecule has 1 aliphatic rings. The van der Waals surface area contributed by atoms with Crippen molar-refractivity contribution in [1.29, 1.82) is 0 Å². The SMILES string of the molecule is C=C(COCCCCC(F)(F)C(F)(F)S(=O)(=O)O)C(=O)OC1(C(C)C)CCCCCCC1. The van der Waals surface area contributed by atoms with E-state index in [9.17, 15) is 30.8 Å². The van der Waals surface area contributed by atoms with Gasteiger partial charge in [0.1, 0.15) is 5.60 Å². The fourth-order valence-electron chi connectivity index (χ4n) is 3.70. The largest absolute Gasteiger partial charge is 0.455 e. The van der Waals surface area contributed by atoms with E-state index in [1.807, 2.05) is 13.8 Å². The number of hydrogen-bond acceptors (Lipinski definition) is 5. The Morgan fingerprint density at radius 3 is 2.09 bits per heavy atom. The molecule has 0 spiro atoms. The van der Waals surface area contributed by atoms with Crippen LogP contribution in [0.4, 0.5) is 17.6 Å². The number of carbonyl (C=O) groups excluding carboxylic acids is 1. The standard InChI is InChI=1S/C21H34F4O6S/c1-16(2)19(11-7-5-4-6-8-12-19)31-18(26)17(3)15-30-14-10-9-13-20(22,23)21(24,25)32(27,28)29/h16H,3-15H2,1-2H3,(H,27,28,29). The summed E-state index contributed by atoms with van der Waals surface area (Å²) in [5, 5.41) is -5.57. The molecule has 11 heteroatoms. The minimum Gasteiger partial charge on any atom is -0.455 e. The van der Waals surface area contributed by atoms with Crippen molar-refractivity contribution in [3.63, 3.8) is 0 Å². The van der Waals surface area contributed by atoms with Crippen LogP contribution in [0.25, 0.3) is 0 Å². The molecule has 1 N–H and O–H groups in total. The third-order valence-electron chi connectivity index (χ3n) is 5.89. The second kappa shape index (κ2) is 11.8. The number of rotatable bonds is 12. The Kier molecular flexibility index (Phi) is 10.6. The van der Waals surface area contributed by atoms with Gasteiger partial charge in [-0.25, -0.2) is 4.79 Å². The van der Waals surface area contributed by atoms with E-state index in [0.717, 1.165) is 38.5 Å². The van der Waals surface area contributed by atoms with E-state index in [1.54, 1.807) is 0 Å². The highest BCUT2D eigenvalue weighted by Gasteiger charge is 2.64. The first-order valence-corrected chi connectivity index (χ1v) is 12.3. The van der Waals surface area contributed by atoms with Crippen molar-refractivity contribution in [3.8, 4) is 0 Å². The van der Waals surface area contributed by atoms with Gasteiger partial charge < -0.3 is 9.47 Å². The number of halogens is 4. The van der Waals surface area contributed by atoms with Gasteiger partial charge in [0.25, 0.3) is 0 Å². The summed E-state index contributed by atoms with van der Waals surface area (Å²) in [6, 6.07) is 0. The molecular formula is C21H34F4O6S. The lowest BCUT2D eigenvalue weighted by Crippen LogP contribution is -2.46. The fraction of sp³-hybridized carbons (Fsp3) is 0.857. The summed E-state index contributed by atoms with van der Waals surface area (Å²) in [4.78, 5) is 12.5. The lowest BCUT2D eigenvalue weighted by Gasteiger charge is -2.38. The summed E-state index contributed by atoms with van der Waals surface area (Å²) in [7, 11) is -6.23. The predicted octanol–water partition coefficient (Wildman–Crippen LogP) is 5.53. The third-order valence-corrected chi connectivity index (χ3v) is 6.84. The molecule has 1 aliphatic carbocycles. The quantitative estimate of drug-likeness (QED) is 0.127. The van der Waals surface area contributed by atoms with E-state index in [-0.39, 0.29) is 31.1 Å². The maximum atomic E-state index is 13.4. The molecule has 0 aliphatic heterocycles. The average molecular weight is 491 g/mol. The molecular weight excluding hydrogens is 456 g/mol. The summed E-state index contributed by atoms with van der Waals surface area (Å²) >= 11 is 0. The van der Waals surface area contributed by atoms with Crippen molar-refractivity contribution in [2.24, 2.45) is 5.92 Å². The maximum Gasteiger partial charge on any atom is 0.431 e. The number of ether oxygens (including phenoxy) is 2. The van der Waals surface area contributed by atoms with Crippen molar-refractivity contribution in [3.05, 3.63) is 12.2 Å². The van der Waals surface area contributed by atoms with E-state index >= 15 is 0 Å². The fourth-order valence-corrected chi connectivity index (χ4v) is 4.18. The molecule has 0 atom stereocenters. The molecule has 1 fully saturated rings. The van der Waals surface area contributed by atoms with Gasteiger partial charge in [-0.3, -0.25) is 4.55 Å². The van der Waals surface area contributed by atoms with Crippen LogP contribution in [0.15, 0.2) is 12.2 Å². The molecule has 0 unspecified atom stereocenters. The Balaban J connectivity index is 2.45. The van der Waals surface area contributed by atoms with Crippen molar-refractivity contribution in [1.82, 2.24) is 0 Å². The number of alkyl halides is 4. The zero-order valence-electron chi connectivity index (χ0n) is 18.7. The molecule has 1 rings (SSSR count). The van der Waals surface area contributed by atoms with Crippen LogP contribution in [0.1, 0.15) is 78.1 Å². The minimum atomic E-state index is -6.23. The summed E-state index contributed by atoms with van der Waals surface area (Å²) in [6.45, 7) is 7.34. The highest BCUT2D eigenvalue weighted by molar-refractivity contribution is 7.87. The molecule has 32 heavy (non-hydrogen) atoms. The van der Waals surface area contributed by atoms with E-state index in [0.29, 0.717) is 0 Å². The number of esters is 1. The molecule has 188 valence electrons. The van der Waals surface area contributed by atoms with Crippen LogP contribution in [0.2, 0.25) is 0 Å². The van der Waals surface area contributed by atoms with Gasteiger partial charge in [-0.15, -0.1) is 0 Å². The van der Waals surface area contributed by atoms with E-state index in [2.05, 4.69) is 6.58 Å². The van der Waals surface area contributed by atoms with E-state index in [4.69, 9.17) is 14.0 Å². The number of unbranched alkanes of at least 4 members (excludes halogenated alkanes) is 1. The maximum absolute atomic E-state index is 13.4. The summed E-state index contributed by atoms with van der Waals surface area (Å²) in [5.74, 6) is -5.38. The van der Waals surface area contributed by atoms with Gasteiger partial charge in [0.15, 0.2) is 0 Å². The summed E-state index contributed by atoms with van der Waals surface area (Å²) in [6.07, 6.45) is 4.80. The molecule has 0 bridgehead atoms. The Hall–Kier alpha value is -1.20. The lowest BCUT2D eigenvalue weighted by atomic mass is 9.79. The van der Waals surface area contributed by atoms with Gasteiger partial charge >= 0.3 is 27.3 Å². The number of hydrogen-bond donors (Lipinski definition) is 1. The zero-order chi connectivity index (χ0) is 24.6. The van der Waals surface area contributed by atoms with Crippen molar-refractivity contribution < 1.29 is 44.8 Å². The first kappa shape index (κ1) is 28.8. The number of carbonyl (C=O) groups is 1. The van der Waals surface area contributed by atoms with Gasteiger partial charge in [-0.1, -0.05) is 39.7 Å². The van der Waals surface area contributed by atoms with Crippen molar-refractivity contribution in [2.45, 2.75) is 94.8 Å². The monoisotopic (exact) mass is 490 g/mol. The smallest absolute Gasteiger partial charge is 0.431 e. The second-order valence-corrected chi connectivity index (χ2v) is 10.1. The molecule has 0 amide bonds. The Bertz CT molecular complexity index is 729. The van der Waals surface area contributed by atoms with Gasteiger partial charge in [-0.05, 0) is 44.4 Å². The zero-order valence-corrected chi connectivity index (χ0v) is 19.5. The van der Waals surface area contributed by atoms with Crippen LogP contribution in [0.5, 0.6) is 0 Å². The van der Waals surface area contributed by atoms with Crippen molar-refractivity contribution in [2.75, 3.05) is 13.2 Å². The molecule has 0 saturated heterocycles. The van der Waals surface area contributed by atoms with Crippen LogP contribution in [-0.2, 0) is 24.4 Å². The van der Waals surface area contributed by atoms with E-state index < -0.39 is 45.7 Å². The van der Waals surface area contributed by atoms with E-state index in [1.165, 1.54) is 6.42 Å². The van der Waals surface area contributed by atoms with Crippen LogP contribution < -0.4 is 0 Å². The average Bonchev–Trinajstić information content (AvgIpc) is 2.65. The molecule has 1 saturated carbocycles. The first-order valence-electron chi connectivity index (χ1n) is 10.9. The topological polar surface area (TPSA) is 89.9 Å². The van der Waals surface area contributed by atoms with Crippen LogP contribution in [0, 0.1) is 5.92 Å². The highest BCUT2D eigenvalue weighted by Crippen LogP contribution is 2.41. The predicted molar refractivity (Wildman–Crippen MR) is 111 cm³/mol. The van der Waals surface area contributed by atoms with Gasteiger partial charge in [-0.2, -0.15) is 26.0 Å². The van der Waals surface area contributed by atoms with Crippen LogP contribution in [-0.4, -0.2) is 48.9 Å². The van der Waals surface area contributed by atoms with Crippen molar-refractivity contribution >= 4 is 16.1 Å². The molecule has 0 heterocycles. The highest BCUT2D eigenvalue weighted by atomic mass is 32.2. The molecule has 6 nitrogen and oxygen atoms in total. The first-order chi connectivity index (χ1) is 14.7. The molecule has 0 aromatic carbocycles. The molecule has 0 radical (unpaired) electrons. The summed E-state index contributed by atoms with van der Waals surface area (Å²) < 4.78 is 93.4.